The molecule has 0 atom stereocenters. The number of rotatable bonds is 7. The fraction of sp³-hybridized carbons (Fsp3) is 0.130. The first-order chi connectivity index (χ1) is 14.5. The summed E-state index contributed by atoms with van der Waals surface area (Å²) >= 11 is 0. The van der Waals surface area contributed by atoms with Gasteiger partial charge in [0.05, 0.1) is 20.4 Å². The average Bonchev–Trinajstić information content (AvgIpc) is 2.80. The van der Waals surface area contributed by atoms with Crippen molar-refractivity contribution >= 4 is 12.1 Å². The molecule has 0 spiro atoms. The maximum Gasteiger partial charge on any atom is 0.281 e. The molecular formula is C23H22N2O5. The Hall–Kier alpha value is -3.84. The fourth-order valence-electron chi connectivity index (χ4n) is 3.02. The number of carbonyl (C=O) groups is 1. The summed E-state index contributed by atoms with van der Waals surface area (Å²) in [6.45, 7) is 0. The van der Waals surface area contributed by atoms with Gasteiger partial charge in [-0.05, 0) is 23.3 Å². The van der Waals surface area contributed by atoms with Crippen LogP contribution in [0.1, 0.15) is 16.7 Å². The van der Waals surface area contributed by atoms with E-state index >= 15 is 0 Å². The van der Waals surface area contributed by atoms with E-state index in [0.29, 0.717) is 16.7 Å². The molecule has 3 rings (SSSR count). The highest BCUT2D eigenvalue weighted by atomic mass is 16.5. The molecule has 1 amide bonds. The van der Waals surface area contributed by atoms with Gasteiger partial charge in [0, 0.05) is 5.56 Å². The molecule has 0 heterocycles. The van der Waals surface area contributed by atoms with Gasteiger partial charge in [0.25, 0.3) is 5.91 Å². The Kier molecular flexibility index (Phi) is 6.34. The molecule has 0 saturated carbocycles. The molecule has 0 unspecified atom stereocenters. The molecule has 0 aliphatic heterocycles. The standard InChI is InChI=1S/C23H22N2O5/c1-29-19-13-16(14-20(30-2)21(19)26)15-24-25-22(27)23(28,17-9-5-3-6-10-17)18-11-7-4-8-12-18/h3-15,26,28H,1-2H3,(H,25,27)/b24-15-. The van der Waals surface area contributed by atoms with Crippen LogP contribution in [0.2, 0.25) is 0 Å². The zero-order chi connectivity index (χ0) is 21.6. The number of amides is 1. The van der Waals surface area contributed by atoms with E-state index in [1.165, 1.54) is 32.6 Å². The summed E-state index contributed by atoms with van der Waals surface area (Å²) in [5, 5.41) is 25.3. The summed E-state index contributed by atoms with van der Waals surface area (Å²) in [7, 11) is 2.83. The Morgan fingerprint density at radius 2 is 1.40 bits per heavy atom. The van der Waals surface area contributed by atoms with Crippen LogP contribution in [-0.4, -0.2) is 36.6 Å². The minimum Gasteiger partial charge on any atom is -0.502 e. The fourth-order valence-corrected chi connectivity index (χ4v) is 3.02. The van der Waals surface area contributed by atoms with E-state index in [0.717, 1.165) is 0 Å². The molecule has 3 aromatic carbocycles. The van der Waals surface area contributed by atoms with Crippen molar-refractivity contribution in [1.29, 1.82) is 0 Å². The van der Waals surface area contributed by atoms with E-state index in [1.54, 1.807) is 60.7 Å². The monoisotopic (exact) mass is 406 g/mol. The molecule has 154 valence electrons. The predicted molar refractivity (Wildman–Crippen MR) is 113 cm³/mol. The SMILES string of the molecule is COc1cc(/C=N\NC(=O)C(O)(c2ccccc2)c2ccccc2)cc(OC)c1O. The van der Waals surface area contributed by atoms with Crippen molar-refractivity contribution in [2.24, 2.45) is 5.10 Å². The molecule has 7 heteroatoms. The number of benzene rings is 3. The zero-order valence-corrected chi connectivity index (χ0v) is 16.6. The highest BCUT2D eigenvalue weighted by Gasteiger charge is 2.39. The lowest BCUT2D eigenvalue weighted by Gasteiger charge is -2.27. The van der Waals surface area contributed by atoms with E-state index in [1.807, 2.05) is 0 Å². The van der Waals surface area contributed by atoms with Crippen molar-refractivity contribution in [2.45, 2.75) is 5.60 Å². The van der Waals surface area contributed by atoms with Crippen molar-refractivity contribution in [1.82, 2.24) is 5.43 Å². The second-order valence-electron chi connectivity index (χ2n) is 6.42. The van der Waals surface area contributed by atoms with Crippen LogP contribution in [0.4, 0.5) is 0 Å². The summed E-state index contributed by atoms with van der Waals surface area (Å²) in [5.74, 6) is -0.447. The quantitative estimate of drug-likeness (QED) is 0.414. The van der Waals surface area contributed by atoms with E-state index in [2.05, 4.69) is 10.5 Å². The van der Waals surface area contributed by atoms with Crippen molar-refractivity contribution in [3.8, 4) is 17.2 Å². The lowest BCUT2D eigenvalue weighted by Crippen LogP contribution is -2.43. The lowest BCUT2D eigenvalue weighted by molar-refractivity contribution is -0.136. The summed E-state index contributed by atoms with van der Waals surface area (Å²) in [5.41, 5.74) is 1.81. The van der Waals surface area contributed by atoms with Crippen LogP contribution >= 0.6 is 0 Å². The third-order valence-corrected chi connectivity index (χ3v) is 4.59. The Bertz CT molecular complexity index is 971. The van der Waals surface area contributed by atoms with Gasteiger partial charge in [0.2, 0.25) is 5.75 Å². The first-order valence-electron chi connectivity index (χ1n) is 9.12. The van der Waals surface area contributed by atoms with Gasteiger partial charge in [-0.15, -0.1) is 0 Å². The van der Waals surface area contributed by atoms with Gasteiger partial charge in [-0.3, -0.25) is 4.79 Å². The van der Waals surface area contributed by atoms with Gasteiger partial charge < -0.3 is 19.7 Å². The molecule has 3 N–H and O–H groups in total. The minimum atomic E-state index is -1.93. The molecule has 0 bridgehead atoms. The third kappa shape index (κ3) is 4.11. The maximum absolute atomic E-state index is 13.0. The number of nitrogens with one attached hydrogen (secondary N) is 1. The van der Waals surface area contributed by atoms with Crippen molar-refractivity contribution in [2.75, 3.05) is 14.2 Å². The van der Waals surface area contributed by atoms with E-state index in [9.17, 15) is 15.0 Å². The summed E-state index contributed by atoms with van der Waals surface area (Å²) in [6, 6.07) is 20.3. The predicted octanol–water partition coefficient (Wildman–Crippen LogP) is 2.80. The van der Waals surface area contributed by atoms with E-state index in [4.69, 9.17) is 9.47 Å². The van der Waals surface area contributed by atoms with Crippen LogP contribution in [-0.2, 0) is 10.4 Å². The number of hydrogen-bond acceptors (Lipinski definition) is 6. The number of hydrazone groups is 1. The van der Waals surface area contributed by atoms with Crippen LogP contribution in [0.5, 0.6) is 17.2 Å². The molecule has 0 radical (unpaired) electrons. The number of aromatic hydroxyl groups is 1. The molecule has 0 aromatic heterocycles. The molecular weight excluding hydrogens is 384 g/mol. The first-order valence-corrected chi connectivity index (χ1v) is 9.12. The van der Waals surface area contributed by atoms with Gasteiger partial charge in [-0.2, -0.15) is 5.10 Å². The van der Waals surface area contributed by atoms with Gasteiger partial charge in [0.15, 0.2) is 17.1 Å². The molecule has 7 nitrogen and oxygen atoms in total. The third-order valence-electron chi connectivity index (χ3n) is 4.59. The number of nitrogens with zero attached hydrogens (tertiary/aromatic N) is 1. The molecule has 0 fully saturated rings. The summed E-state index contributed by atoms with van der Waals surface area (Å²) in [6.07, 6.45) is 1.36. The Labute approximate surface area is 174 Å². The summed E-state index contributed by atoms with van der Waals surface area (Å²) in [4.78, 5) is 13.0. The highest BCUT2D eigenvalue weighted by Crippen LogP contribution is 2.36. The number of hydrogen-bond donors (Lipinski definition) is 3. The van der Waals surface area contributed by atoms with Gasteiger partial charge >= 0.3 is 0 Å². The number of carbonyl (C=O) groups excluding carboxylic acids is 1. The Morgan fingerprint density at radius 1 is 0.933 bits per heavy atom. The van der Waals surface area contributed by atoms with Crippen LogP contribution < -0.4 is 14.9 Å². The minimum absolute atomic E-state index is 0.135. The Balaban J connectivity index is 1.89. The van der Waals surface area contributed by atoms with E-state index < -0.39 is 11.5 Å². The molecule has 0 aliphatic carbocycles. The van der Waals surface area contributed by atoms with Gasteiger partial charge in [-0.1, -0.05) is 60.7 Å². The topological polar surface area (TPSA) is 100 Å². The molecule has 3 aromatic rings. The summed E-state index contributed by atoms with van der Waals surface area (Å²) < 4.78 is 10.2. The zero-order valence-electron chi connectivity index (χ0n) is 16.6. The van der Waals surface area contributed by atoms with E-state index in [-0.39, 0.29) is 17.2 Å². The van der Waals surface area contributed by atoms with Crippen LogP contribution in [0, 0.1) is 0 Å². The average molecular weight is 406 g/mol. The molecule has 0 saturated heterocycles. The van der Waals surface area contributed by atoms with Crippen molar-refractivity contribution < 1.29 is 24.5 Å². The van der Waals surface area contributed by atoms with Crippen LogP contribution in [0.3, 0.4) is 0 Å². The maximum atomic E-state index is 13.0. The largest absolute Gasteiger partial charge is 0.502 e. The number of methoxy groups -OCH3 is 2. The highest BCUT2D eigenvalue weighted by molar-refractivity contribution is 5.91. The van der Waals surface area contributed by atoms with Crippen molar-refractivity contribution in [3.63, 3.8) is 0 Å². The number of phenols is 1. The van der Waals surface area contributed by atoms with Gasteiger partial charge in [0.1, 0.15) is 0 Å². The normalized spacial score (nSPS) is 11.3. The number of phenolic OH excluding ortho intramolecular Hbond substituents is 1. The van der Waals surface area contributed by atoms with Crippen LogP contribution in [0.15, 0.2) is 77.9 Å². The van der Waals surface area contributed by atoms with Crippen LogP contribution in [0.25, 0.3) is 0 Å². The molecule has 0 aliphatic rings. The number of aliphatic hydroxyl groups is 1. The molecule has 30 heavy (non-hydrogen) atoms. The number of ether oxygens (including phenoxy) is 2. The second-order valence-corrected chi connectivity index (χ2v) is 6.42. The first kappa shape index (κ1) is 20.9. The van der Waals surface area contributed by atoms with Crippen molar-refractivity contribution in [3.05, 3.63) is 89.5 Å². The second kappa shape index (κ2) is 9.11. The Morgan fingerprint density at radius 3 is 1.83 bits per heavy atom. The van der Waals surface area contributed by atoms with Gasteiger partial charge in [-0.25, -0.2) is 5.43 Å². The lowest BCUT2D eigenvalue weighted by atomic mass is 9.85. The smallest absolute Gasteiger partial charge is 0.281 e.